The number of fused-ring (bicyclic) bond motifs is 1. The minimum absolute atomic E-state index is 0.00784. The highest BCUT2D eigenvalue weighted by molar-refractivity contribution is 5.95. The van der Waals surface area contributed by atoms with Gasteiger partial charge in [0, 0.05) is 24.4 Å². The third kappa shape index (κ3) is 4.67. The van der Waals surface area contributed by atoms with Gasteiger partial charge in [-0.25, -0.2) is 4.68 Å². The van der Waals surface area contributed by atoms with Gasteiger partial charge in [0.25, 0.3) is 5.91 Å². The third-order valence-electron chi connectivity index (χ3n) is 5.13. The van der Waals surface area contributed by atoms with Gasteiger partial charge in [-0.3, -0.25) is 4.79 Å². The van der Waals surface area contributed by atoms with Crippen LogP contribution in [0.4, 0.5) is 18.9 Å². The maximum absolute atomic E-state index is 14.0. The molecule has 0 bridgehead atoms. The molecule has 9 heteroatoms. The summed E-state index contributed by atoms with van der Waals surface area (Å²) < 4.78 is 48.5. The second-order valence-corrected chi connectivity index (χ2v) is 7.70. The Bertz CT molecular complexity index is 1330. The van der Waals surface area contributed by atoms with E-state index in [1.165, 1.54) is 11.7 Å². The van der Waals surface area contributed by atoms with Gasteiger partial charge in [-0.15, -0.1) is 0 Å². The number of hydrogen-bond acceptors (Lipinski definition) is 4. The number of amides is 1. The molecule has 2 aromatic heterocycles. The lowest BCUT2D eigenvalue weighted by Gasteiger charge is -2.13. The van der Waals surface area contributed by atoms with Crippen LogP contribution in [0.15, 0.2) is 54.6 Å². The molecule has 33 heavy (non-hydrogen) atoms. The highest BCUT2D eigenvalue weighted by atomic mass is 19.4. The second-order valence-electron chi connectivity index (χ2n) is 7.70. The van der Waals surface area contributed by atoms with E-state index < -0.39 is 24.3 Å². The lowest BCUT2D eigenvalue weighted by Crippen LogP contribution is -2.21. The summed E-state index contributed by atoms with van der Waals surface area (Å²) in [4.78, 5) is 16.5. The number of anilines is 1. The minimum atomic E-state index is -4.67. The molecule has 0 unspecified atom stereocenters. The van der Waals surface area contributed by atoms with Crippen molar-refractivity contribution in [1.82, 2.24) is 14.8 Å². The van der Waals surface area contributed by atoms with Crippen molar-refractivity contribution in [2.24, 2.45) is 7.05 Å². The van der Waals surface area contributed by atoms with Gasteiger partial charge in [-0.05, 0) is 25.5 Å². The van der Waals surface area contributed by atoms with Crippen LogP contribution in [-0.2, 0) is 18.0 Å². The number of halogens is 3. The van der Waals surface area contributed by atoms with Crippen molar-refractivity contribution in [3.8, 4) is 17.1 Å². The molecule has 2 heterocycles. The molecule has 0 radical (unpaired) electrons. The summed E-state index contributed by atoms with van der Waals surface area (Å²) in [6.45, 7) is 3.29. The molecule has 0 aliphatic carbocycles. The van der Waals surface area contributed by atoms with E-state index in [2.05, 4.69) is 15.4 Å². The number of carbonyl (C=O) groups is 1. The van der Waals surface area contributed by atoms with Crippen LogP contribution in [0.25, 0.3) is 22.3 Å². The van der Waals surface area contributed by atoms with Gasteiger partial charge >= 0.3 is 6.18 Å². The summed E-state index contributed by atoms with van der Waals surface area (Å²) in [6, 6.07) is 14.9. The van der Waals surface area contributed by atoms with Crippen LogP contribution in [0.2, 0.25) is 0 Å². The number of pyridine rings is 1. The summed E-state index contributed by atoms with van der Waals surface area (Å²) in [7, 11) is 1.51. The van der Waals surface area contributed by atoms with Crippen molar-refractivity contribution >= 4 is 22.6 Å². The van der Waals surface area contributed by atoms with Crippen LogP contribution in [0.1, 0.15) is 16.7 Å². The molecule has 0 fully saturated rings. The predicted octanol–water partition coefficient (Wildman–Crippen LogP) is 5.29. The Kier molecular flexibility index (Phi) is 5.80. The van der Waals surface area contributed by atoms with Crippen molar-refractivity contribution in [3.63, 3.8) is 0 Å². The van der Waals surface area contributed by atoms with Crippen molar-refractivity contribution in [1.29, 1.82) is 0 Å². The van der Waals surface area contributed by atoms with Crippen LogP contribution in [-0.4, -0.2) is 27.3 Å². The Labute approximate surface area is 188 Å². The van der Waals surface area contributed by atoms with Gasteiger partial charge < -0.3 is 10.1 Å². The molecule has 1 amide bonds. The van der Waals surface area contributed by atoms with Crippen LogP contribution >= 0.6 is 0 Å². The molecular weight excluding hydrogens is 433 g/mol. The van der Waals surface area contributed by atoms with E-state index in [1.54, 1.807) is 36.4 Å². The van der Waals surface area contributed by atoms with E-state index in [1.807, 2.05) is 26.0 Å². The number of carbonyl (C=O) groups excluding carboxylic acids is 1. The number of hydrogen-bond donors (Lipinski definition) is 1. The van der Waals surface area contributed by atoms with Gasteiger partial charge in [-0.2, -0.15) is 23.3 Å². The number of alkyl halides is 3. The van der Waals surface area contributed by atoms with Crippen LogP contribution in [0, 0.1) is 13.8 Å². The highest BCUT2D eigenvalue weighted by Gasteiger charge is 2.36. The number of ether oxygens (including phenoxy) is 1. The maximum atomic E-state index is 14.0. The molecule has 0 spiro atoms. The first-order chi connectivity index (χ1) is 15.6. The SMILES string of the molecule is Cc1ccc(NC(=O)COc2cc(C(F)(F)F)c3c(-c4ccccc4)nn(C)c3n2)c(C)c1. The zero-order valence-electron chi connectivity index (χ0n) is 18.2. The van der Waals surface area contributed by atoms with Crippen molar-refractivity contribution in [3.05, 3.63) is 71.3 Å². The fraction of sp³-hybridized carbons (Fsp3) is 0.208. The Hall–Kier alpha value is -3.88. The van der Waals surface area contributed by atoms with Crippen LogP contribution in [0.5, 0.6) is 5.88 Å². The van der Waals surface area contributed by atoms with Gasteiger partial charge in [0.15, 0.2) is 12.3 Å². The molecular formula is C24H21F3N4O2. The van der Waals surface area contributed by atoms with E-state index in [9.17, 15) is 18.0 Å². The largest absolute Gasteiger partial charge is 0.467 e. The topological polar surface area (TPSA) is 69.0 Å². The molecule has 170 valence electrons. The standard InChI is InChI=1S/C24H21F3N4O2/c1-14-9-10-18(15(2)11-14)28-19(32)13-33-20-12-17(24(25,26)27)21-22(16-7-5-4-6-8-16)30-31(3)23(21)29-20/h4-12H,13H2,1-3H3,(H,28,32). The van der Waals surface area contributed by atoms with Crippen LogP contribution < -0.4 is 10.1 Å². The number of rotatable bonds is 5. The molecule has 0 saturated carbocycles. The third-order valence-corrected chi connectivity index (χ3v) is 5.13. The number of nitrogens with zero attached hydrogens (tertiary/aromatic N) is 3. The zero-order chi connectivity index (χ0) is 23.8. The molecule has 1 N–H and O–H groups in total. The number of nitrogens with one attached hydrogen (secondary N) is 1. The Morgan fingerprint density at radius 2 is 1.82 bits per heavy atom. The monoisotopic (exact) mass is 454 g/mol. The van der Waals surface area contributed by atoms with E-state index in [4.69, 9.17) is 4.74 Å². The molecule has 0 atom stereocenters. The van der Waals surface area contributed by atoms with Crippen molar-refractivity contribution in [2.75, 3.05) is 11.9 Å². The lowest BCUT2D eigenvalue weighted by molar-refractivity contribution is -0.136. The minimum Gasteiger partial charge on any atom is -0.467 e. The fourth-order valence-electron chi connectivity index (χ4n) is 3.60. The number of aromatic nitrogens is 3. The maximum Gasteiger partial charge on any atom is 0.417 e. The highest BCUT2D eigenvalue weighted by Crippen LogP contribution is 2.40. The Morgan fingerprint density at radius 3 is 2.48 bits per heavy atom. The van der Waals surface area contributed by atoms with E-state index in [-0.39, 0.29) is 22.6 Å². The first kappa shape index (κ1) is 22.3. The Morgan fingerprint density at radius 1 is 1.09 bits per heavy atom. The van der Waals surface area contributed by atoms with E-state index in [0.29, 0.717) is 11.3 Å². The quantitative estimate of drug-likeness (QED) is 0.445. The lowest BCUT2D eigenvalue weighted by atomic mass is 10.0. The van der Waals surface area contributed by atoms with E-state index in [0.717, 1.165) is 17.2 Å². The van der Waals surface area contributed by atoms with Crippen molar-refractivity contribution in [2.45, 2.75) is 20.0 Å². The summed E-state index contributed by atoms with van der Waals surface area (Å²) in [6.07, 6.45) is -4.67. The molecule has 0 aliphatic heterocycles. The molecule has 4 rings (SSSR count). The first-order valence-corrected chi connectivity index (χ1v) is 10.1. The van der Waals surface area contributed by atoms with Gasteiger partial charge in [0.1, 0.15) is 5.69 Å². The molecule has 2 aromatic carbocycles. The molecule has 0 aliphatic rings. The summed E-state index contributed by atoms with van der Waals surface area (Å²) in [5.74, 6) is -0.819. The normalized spacial score (nSPS) is 11.6. The first-order valence-electron chi connectivity index (χ1n) is 10.1. The molecule has 0 saturated heterocycles. The Balaban J connectivity index is 1.65. The van der Waals surface area contributed by atoms with Crippen LogP contribution in [0.3, 0.4) is 0 Å². The molecule has 6 nitrogen and oxygen atoms in total. The summed E-state index contributed by atoms with van der Waals surface area (Å²) in [5.41, 5.74) is 2.31. The summed E-state index contributed by atoms with van der Waals surface area (Å²) >= 11 is 0. The number of benzene rings is 2. The average Bonchev–Trinajstić information content (AvgIpc) is 3.10. The second kappa shape index (κ2) is 8.57. The van der Waals surface area contributed by atoms with Gasteiger partial charge in [0.2, 0.25) is 5.88 Å². The van der Waals surface area contributed by atoms with Gasteiger partial charge in [0.05, 0.1) is 10.9 Å². The van der Waals surface area contributed by atoms with Crippen molar-refractivity contribution < 1.29 is 22.7 Å². The average molecular weight is 454 g/mol. The number of aryl methyl sites for hydroxylation is 3. The summed E-state index contributed by atoms with van der Waals surface area (Å²) in [5, 5.41) is 6.84. The van der Waals surface area contributed by atoms with Gasteiger partial charge in [-0.1, -0.05) is 48.0 Å². The predicted molar refractivity (Wildman–Crippen MR) is 119 cm³/mol. The fourth-order valence-corrected chi connectivity index (χ4v) is 3.60. The zero-order valence-corrected chi connectivity index (χ0v) is 18.2. The van der Waals surface area contributed by atoms with E-state index >= 15 is 0 Å². The smallest absolute Gasteiger partial charge is 0.417 e. The molecule has 4 aromatic rings.